The fourth-order valence-corrected chi connectivity index (χ4v) is 2.78. The predicted octanol–water partition coefficient (Wildman–Crippen LogP) is 3.78. The Labute approximate surface area is 114 Å². The number of rotatable bonds is 2. The van der Waals surface area contributed by atoms with Crippen molar-refractivity contribution in [1.82, 2.24) is 9.78 Å². The normalized spacial score (nSPS) is 16.4. The molecule has 0 amide bonds. The number of benzene rings is 1. The zero-order valence-electron chi connectivity index (χ0n) is 9.54. The van der Waals surface area contributed by atoms with E-state index in [2.05, 4.69) is 21.0 Å². The van der Waals surface area contributed by atoms with Crippen molar-refractivity contribution in [2.75, 3.05) is 0 Å². The molecule has 0 unspecified atom stereocenters. The second-order valence-electron chi connectivity index (χ2n) is 4.53. The van der Waals surface area contributed by atoms with E-state index < -0.39 is 12.4 Å². The van der Waals surface area contributed by atoms with Crippen LogP contribution in [0.1, 0.15) is 30.9 Å². The van der Waals surface area contributed by atoms with Gasteiger partial charge < -0.3 is 0 Å². The van der Waals surface area contributed by atoms with Crippen molar-refractivity contribution in [1.29, 1.82) is 0 Å². The zero-order chi connectivity index (χ0) is 13.7. The third kappa shape index (κ3) is 1.96. The molecule has 3 nitrogen and oxygen atoms in total. The topological polar surface area (TPSA) is 34.9 Å². The Morgan fingerprint density at radius 1 is 1.37 bits per heavy atom. The number of aromatic nitrogens is 2. The van der Waals surface area contributed by atoms with Crippen molar-refractivity contribution < 1.29 is 18.0 Å². The number of carbonyl (C=O) groups is 1. The third-order valence-electron chi connectivity index (χ3n) is 3.26. The van der Waals surface area contributed by atoms with E-state index >= 15 is 0 Å². The van der Waals surface area contributed by atoms with E-state index in [4.69, 9.17) is 0 Å². The van der Waals surface area contributed by atoms with Crippen molar-refractivity contribution in [3.05, 3.63) is 28.1 Å². The minimum atomic E-state index is -2.73. The Balaban J connectivity index is 2.25. The summed E-state index contributed by atoms with van der Waals surface area (Å²) in [4.78, 5) is 11.0. The number of Topliss-reactive ketones (excluding diaryl/α,β-unsaturated/α-hetero) is 1. The molecule has 0 atom stereocenters. The lowest BCUT2D eigenvalue weighted by Crippen LogP contribution is -2.27. The Morgan fingerprint density at radius 2 is 2.05 bits per heavy atom. The van der Waals surface area contributed by atoms with E-state index in [1.807, 2.05) is 0 Å². The molecule has 1 aliphatic carbocycles. The number of carbonyl (C=O) groups excluding carboxylic acids is 1. The van der Waals surface area contributed by atoms with E-state index in [1.165, 1.54) is 16.8 Å². The van der Waals surface area contributed by atoms with Crippen LogP contribution in [0.3, 0.4) is 0 Å². The number of halogens is 4. The fourth-order valence-electron chi connectivity index (χ4n) is 2.30. The van der Waals surface area contributed by atoms with Crippen LogP contribution in [0.25, 0.3) is 10.9 Å². The Hall–Kier alpha value is -1.37. The maximum atomic E-state index is 13.8. The maximum Gasteiger partial charge on any atom is 0.265 e. The number of hydrogen-bond acceptors (Lipinski definition) is 2. The summed E-state index contributed by atoms with van der Waals surface area (Å²) in [6.07, 6.45) is -2.30. The number of ketones is 1. The molecule has 1 fully saturated rings. The average molecular weight is 333 g/mol. The first-order chi connectivity index (χ1) is 8.97. The lowest BCUT2D eigenvalue weighted by Gasteiger charge is -2.25. The Kier molecular flexibility index (Phi) is 2.88. The summed E-state index contributed by atoms with van der Waals surface area (Å²) in [5.74, 6) is -0.762. The summed E-state index contributed by atoms with van der Waals surface area (Å²) in [7, 11) is 0. The minimum absolute atomic E-state index is 0.0322. The van der Waals surface area contributed by atoms with Gasteiger partial charge in [-0.2, -0.15) is 4.39 Å². The highest BCUT2D eigenvalue weighted by Gasteiger charge is 2.32. The van der Waals surface area contributed by atoms with Crippen molar-refractivity contribution in [2.45, 2.75) is 25.3 Å². The summed E-state index contributed by atoms with van der Waals surface area (Å²) < 4.78 is 41.5. The number of alkyl halides is 2. The van der Waals surface area contributed by atoms with Gasteiger partial charge in [0.25, 0.3) is 6.43 Å². The fraction of sp³-hybridized carbons (Fsp3) is 0.333. The number of nitrogens with zero attached hydrogens (tertiary/aromatic N) is 2. The average Bonchev–Trinajstić information content (AvgIpc) is 2.61. The van der Waals surface area contributed by atoms with Crippen molar-refractivity contribution >= 4 is 32.6 Å². The monoisotopic (exact) mass is 332 g/mol. The minimum Gasteiger partial charge on any atom is -0.300 e. The number of fused-ring (bicyclic) bond motifs is 1. The van der Waals surface area contributed by atoms with Gasteiger partial charge in [0.15, 0.2) is 0 Å². The molecule has 0 aliphatic heterocycles. The highest BCUT2D eigenvalue weighted by Crippen LogP contribution is 2.37. The lowest BCUT2D eigenvalue weighted by atomic mass is 9.91. The lowest BCUT2D eigenvalue weighted by molar-refractivity contribution is -0.126. The van der Waals surface area contributed by atoms with Gasteiger partial charge in [-0.1, -0.05) is 15.9 Å². The first kappa shape index (κ1) is 12.7. The van der Waals surface area contributed by atoms with Gasteiger partial charge in [-0.15, -0.1) is 5.10 Å². The van der Waals surface area contributed by atoms with E-state index in [0.29, 0.717) is 4.47 Å². The van der Waals surface area contributed by atoms with Crippen LogP contribution in [0.4, 0.5) is 13.2 Å². The molecule has 1 aromatic heterocycles. The molecule has 1 aromatic carbocycles. The van der Waals surface area contributed by atoms with Gasteiger partial charge in [-0.25, -0.2) is 8.78 Å². The molecular weight excluding hydrogens is 325 g/mol. The molecule has 1 aliphatic rings. The van der Waals surface area contributed by atoms with Crippen LogP contribution in [0.2, 0.25) is 0 Å². The van der Waals surface area contributed by atoms with Crippen LogP contribution in [-0.4, -0.2) is 15.6 Å². The van der Waals surface area contributed by atoms with Gasteiger partial charge >= 0.3 is 0 Å². The molecule has 0 bridgehead atoms. The van der Waals surface area contributed by atoms with E-state index in [1.54, 1.807) is 0 Å². The molecular formula is C12H8BrF3N2O. The summed E-state index contributed by atoms with van der Waals surface area (Å²) >= 11 is 3.08. The van der Waals surface area contributed by atoms with Crippen LogP contribution >= 0.6 is 15.9 Å². The second-order valence-corrected chi connectivity index (χ2v) is 5.44. The molecule has 19 heavy (non-hydrogen) atoms. The first-order valence-electron chi connectivity index (χ1n) is 5.64. The van der Waals surface area contributed by atoms with Gasteiger partial charge in [-0.3, -0.25) is 9.48 Å². The highest BCUT2D eigenvalue weighted by atomic mass is 79.9. The third-order valence-corrected chi connectivity index (χ3v) is 3.72. The summed E-state index contributed by atoms with van der Waals surface area (Å²) in [5, 5.41) is 3.72. The van der Waals surface area contributed by atoms with Gasteiger partial charge in [0.2, 0.25) is 5.95 Å². The molecule has 0 saturated heterocycles. The molecule has 1 heterocycles. The standard InChI is InChI=1S/C12H8BrF3N2O/c13-5-1-8(11(14)15)10-9(2-5)12(16)17-18(10)6-3-7(19)4-6/h1-2,6,11H,3-4H2. The second kappa shape index (κ2) is 4.33. The molecule has 0 spiro atoms. The van der Waals surface area contributed by atoms with Gasteiger partial charge in [0.1, 0.15) is 5.78 Å². The quantitative estimate of drug-likeness (QED) is 0.838. The van der Waals surface area contributed by atoms with E-state index in [-0.39, 0.29) is 41.1 Å². The highest BCUT2D eigenvalue weighted by molar-refractivity contribution is 9.10. The van der Waals surface area contributed by atoms with Crippen LogP contribution in [0.15, 0.2) is 16.6 Å². The predicted molar refractivity (Wildman–Crippen MR) is 65.6 cm³/mol. The Morgan fingerprint density at radius 3 is 2.63 bits per heavy atom. The largest absolute Gasteiger partial charge is 0.300 e. The summed E-state index contributed by atoms with van der Waals surface area (Å²) in [5.41, 5.74) is -0.201. The van der Waals surface area contributed by atoms with Gasteiger partial charge in [0.05, 0.1) is 16.9 Å². The molecule has 7 heteroatoms. The molecule has 3 rings (SSSR count). The molecule has 1 saturated carbocycles. The van der Waals surface area contributed by atoms with Crippen molar-refractivity contribution in [3.63, 3.8) is 0 Å². The SMILES string of the molecule is O=C1CC(n2nc(F)c3cc(Br)cc(C(F)F)c32)C1. The van der Waals surface area contributed by atoms with Crippen LogP contribution in [0.5, 0.6) is 0 Å². The molecule has 0 radical (unpaired) electrons. The van der Waals surface area contributed by atoms with Crippen LogP contribution in [-0.2, 0) is 4.79 Å². The zero-order valence-corrected chi connectivity index (χ0v) is 11.1. The smallest absolute Gasteiger partial charge is 0.265 e. The molecule has 2 aromatic rings. The van der Waals surface area contributed by atoms with E-state index in [0.717, 1.165) is 0 Å². The van der Waals surface area contributed by atoms with Crippen LogP contribution in [0, 0.1) is 5.95 Å². The van der Waals surface area contributed by atoms with Crippen molar-refractivity contribution in [2.24, 2.45) is 0 Å². The van der Waals surface area contributed by atoms with Crippen molar-refractivity contribution in [3.8, 4) is 0 Å². The summed E-state index contributed by atoms with van der Waals surface area (Å²) in [6, 6.07) is 2.35. The number of hydrogen-bond donors (Lipinski definition) is 0. The first-order valence-corrected chi connectivity index (χ1v) is 6.43. The molecule has 0 N–H and O–H groups in total. The van der Waals surface area contributed by atoms with Crippen LogP contribution < -0.4 is 0 Å². The van der Waals surface area contributed by atoms with Gasteiger partial charge in [-0.05, 0) is 12.1 Å². The van der Waals surface area contributed by atoms with Gasteiger partial charge in [0, 0.05) is 22.9 Å². The molecule has 100 valence electrons. The van der Waals surface area contributed by atoms with E-state index in [9.17, 15) is 18.0 Å². The Bertz CT molecular complexity index is 675. The summed E-state index contributed by atoms with van der Waals surface area (Å²) in [6.45, 7) is 0. The maximum absolute atomic E-state index is 13.8.